The van der Waals surface area contributed by atoms with Gasteiger partial charge in [-0.3, -0.25) is 14.5 Å². The molecular weight excluding hydrogens is 324 g/mol. The number of carbonyl (C=O) groups is 2. The number of methoxy groups -OCH3 is 1. The van der Waals surface area contributed by atoms with Gasteiger partial charge in [-0.1, -0.05) is 0 Å². The molecule has 0 unspecified atom stereocenters. The highest BCUT2D eigenvalue weighted by Crippen LogP contribution is 2.39. The smallest absolute Gasteiger partial charge is 0.309 e. The summed E-state index contributed by atoms with van der Waals surface area (Å²) in [5.41, 5.74) is 4.91. The van der Waals surface area contributed by atoms with Crippen molar-refractivity contribution in [3.8, 4) is 5.88 Å². The highest BCUT2D eigenvalue weighted by Gasteiger charge is 2.40. The summed E-state index contributed by atoms with van der Waals surface area (Å²) >= 11 is 0. The number of primary amides is 1. The first-order valence-corrected chi connectivity index (χ1v) is 8.48. The van der Waals surface area contributed by atoms with Crippen molar-refractivity contribution < 1.29 is 19.4 Å². The molecule has 25 heavy (non-hydrogen) atoms. The molecule has 1 aliphatic heterocycles. The Kier molecular flexibility index (Phi) is 4.91. The Morgan fingerprint density at radius 2 is 2.04 bits per heavy atom. The van der Waals surface area contributed by atoms with Crippen molar-refractivity contribution >= 4 is 11.8 Å². The van der Waals surface area contributed by atoms with E-state index in [1.165, 1.54) is 0 Å². The van der Waals surface area contributed by atoms with Crippen LogP contribution in [0.15, 0.2) is 18.3 Å². The average molecular weight is 348 g/mol. The minimum atomic E-state index is -0.950. The molecular formula is C17H24N4O4. The molecule has 2 fully saturated rings. The highest BCUT2D eigenvalue weighted by atomic mass is 16.5. The van der Waals surface area contributed by atoms with Crippen LogP contribution >= 0.6 is 0 Å². The number of aliphatic hydroxyl groups is 1. The van der Waals surface area contributed by atoms with E-state index in [9.17, 15) is 14.7 Å². The summed E-state index contributed by atoms with van der Waals surface area (Å²) in [6, 6.07) is 3.99. The van der Waals surface area contributed by atoms with Crippen LogP contribution in [0.5, 0.6) is 5.88 Å². The molecule has 0 spiro atoms. The summed E-state index contributed by atoms with van der Waals surface area (Å²) in [6.45, 7) is 1.43. The van der Waals surface area contributed by atoms with Crippen molar-refractivity contribution in [3.63, 3.8) is 0 Å². The average Bonchev–Trinajstić information content (AvgIpc) is 2.58. The zero-order chi connectivity index (χ0) is 18.0. The molecule has 1 aromatic rings. The van der Waals surface area contributed by atoms with Crippen molar-refractivity contribution in [2.45, 2.75) is 43.4 Å². The first-order valence-electron chi connectivity index (χ1n) is 8.48. The van der Waals surface area contributed by atoms with Crippen molar-refractivity contribution in [2.75, 3.05) is 20.2 Å². The maximum absolute atomic E-state index is 11.3. The van der Waals surface area contributed by atoms with E-state index in [1.807, 2.05) is 6.07 Å². The Hall–Kier alpha value is -2.19. The van der Waals surface area contributed by atoms with Crippen LogP contribution in [0.1, 0.15) is 31.2 Å². The Balaban J connectivity index is 1.49. The maximum Gasteiger partial charge on any atom is 0.309 e. The summed E-state index contributed by atoms with van der Waals surface area (Å²) in [5.74, 6) is -1.14. The van der Waals surface area contributed by atoms with Crippen LogP contribution in [0.2, 0.25) is 0 Å². The Labute approximate surface area is 146 Å². The number of pyridine rings is 1. The van der Waals surface area contributed by atoms with E-state index in [0.717, 1.165) is 18.4 Å². The monoisotopic (exact) mass is 348 g/mol. The van der Waals surface area contributed by atoms with Crippen molar-refractivity contribution in [3.05, 3.63) is 23.9 Å². The number of aromatic nitrogens is 1. The Morgan fingerprint density at radius 1 is 1.36 bits per heavy atom. The van der Waals surface area contributed by atoms with Gasteiger partial charge in [0.2, 0.25) is 5.88 Å². The van der Waals surface area contributed by atoms with Crippen LogP contribution in [-0.2, 0) is 15.2 Å². The fourth-order valence-corrected chi connectivity index (χ4v) is 3.67. The predicted molar refractivity (Wildman–Crippen MR) is 89.6 cm³/mol. The Morgan fingerprint density at radius 3 is 2.56 bits per heavy atom. The third-order valence-corrected chi connectivity index (χ3v) is 5.25. The van der Waals surface area contributed by atoms with E-state index in [4.69, 9.17) is 10.5 Å². The number of nitrogens with one attached hydrogen (secondary N) is 1. The maximum atomic E-state index is 11.3. The number of nitrogens with two attached hydrogens (primary N) is 1. The van der Waals surface area contributed by atoms with Crippen LogP contribution in [0.3, 0.4) is 0 Å². The lowest BCUT2D eigenvalue weighted by molar-refractivity contribution is -0.138. The van der Waals surface area contributed by atoms with Crippen molar-refractivity contribution in [1.82, 2.24) is 15.2 Å². The first kappa shape index (κ1) is 17.6. The van der Waals surface area contributed by atoms with Crippen molar-refractivity contribution in [1.29, 1.82) is 0 Å². The van der Waals surface area contributed by atoms with Crippen LogP contribution in [0.25, 0.3) is 0 Å². The molecule has 1 aliphatic carbocycles. The number of nitrogens with zero attached hydrogens (tertiary/aromatic N) is 2. The Bertz CT molecular complexity index is 635. The molecule has 2 aliphatic rings. The fourth-order valence-electron chi connectivity index (χ4n) is 3.67. The molecule has 0 bridgehead atoms. The van der Waals surface area contributed by atoms with Gasteiger partial charge in [0.15, 0.2) is 0 Å². The SMILES string of the molecule is COc1ccc(C2(O)CCC(N3CC(NC(=O)C(N)=O)C3)CC2)cn1. The standard InChI is InChI=1S/C17H24N4O4/c1-25-14-3-2-11(8-19-14)17(24)6-4-13(5-7-17)21-9-12(10-21)20-16(23)15(18)22/h2-3,8,12-13,24H,4-7,9-10H2,1H3,(H2,18,22)(H,20,23). The van der Waals surface area contributed by atoms with E-state index in [-0.39, 0.29) is 6.04 Å². The van der Waals surface area contributed by atoms with Gasteiger partial charge in [-0.2, -0.15) is 0 Å². The van der Waals surface area contributed by atoms with E-state index in [2.05, 4.69) is 15.2 Å². The normalized spacial score (nSPS) is 27.4. The molecule has 8 heteroatoms. The molecule has 8 nitrogen and oxygen atoms in total. The summed E-state index contributed by atoms with van der Waals surface area (Å²) in [4.78, 5) is 28.5. The number of amides is 2. The van der Waals surface area contributed by atoms with Gasteiger partial charge in [0.25, 0.3) is 0 Å². The van der Waals surface area contributed by atoms with Crippen LogP contribution < -0.4 is 15.8 Å². The zero-order valence-corrected chi connectivity index (χ0v) is 14.3. The van der Waals surface area contributed by atoms with Crippen LogP contribution in [0.4, 0.5) is 0 Å². The summed E-state index contributed by atoms with van der Waals surface area (Å²) in [7, 11) is 1.56. The molecule has 1 saturated carbocycles. The molecule has 4 N–H and O–H groups in total. The van der Waals surface area contributed by atoms with Gasteiger partial charge in [0, 0.05) is 37.0 Å². The summed E-state index contributed by atoms with van der Waals surface area (Å²) in [6.07, 6.45) is 4.76. The van der Waals surface area contributed by atoms with Gasteiger partial charge >= 0.3 is 11.8 Å². The second kappa shape index (κ2) is 6.97. The third-order valence-electron chi connectivity index (χ3n) is 5.25. The number of hydrogen-bond acceptors (Lipinski definition) is 6. The minimum Gasteiger partial charge on any atom is -0.481 e. The quantitative estimate of drug-likeness (QED) is 0.632. The van der Waals surface area contributed by atoms with Gasteiger partial charge in [-0.25, -0.2) is 4.98 Å². The van der Waals surface area contributed by atoms with Gasteiger partial charge in [0.05, 0.1) is 18.8 Å². The largest absolute Gasteiger partial charge is 0.481 e. The number of ether oxygens (including phenoxy) is 1. The molecule has 136 valence electrons. The van der Waals surface area contributed by atoms with E-state index in [0.29, 0.717) is 37.9 Å². The molecule has 2 amide bonds. The number of carbonyl (C=O) groups excluding carboxylic acids is 2. The van der Waals surface area contributed by atoms with Gasteiger partial charge in [-0.05, 0) is 31.7 Å². The van der Waals surface area contributed by atoms with Crippen LogP contribution in [-0.4, -0.2) is 59.1 Å². The molecule has 0 aromatic carbocycles. The second-order valence-electron chi connectivity index (χ2n) is 6.84. The number of likely N-dealkylation sites (tertiary alicyclic amines) is 1. The van der Waals surface area contributed by atoms with E-state index >= 15 is 0 Å². The fraction of sp³-hybridized carbons (Fsp3) is 0.588. The van der Waals surface area contributed by atoms with Gasteiger partial charge in [-0.15, -0.1) is 0 Å². The third kappa shape index (κ3) is 3.74. The van der Waals surface area contributed by atoms with E-state index < -0.39 is 17.4 Å². The van der Waals surface area contributed by atoms with Crippen LogP contribution in [0, 0.1) is 0 Å². The topological polar surface area (TPSA) is 118 Å². The number of hydrogen-bond donors (Lipinski definition) is 3. The molecule has 0 radical (unpaired) electrons. The number of rotatable bonds is 4. The van der Waals surface area contributed by atoms with E-state index in [1.54, 1.807) is 19.4 Å². The zero-order valence-electron chi connectivity index (χ0n) is 14.3. The lowest BCUT2D eigenvalue weighted by Crippen LogP contribution is -2.63. The molecule has 3 rings (SSSR count). The molecule has 0 atom stereocenters. The molecule has 1 aromatic heterocycles. The van der Waals surface area contributed by atoms with Gasteiger partial charge in [0.1, 0.15) is 0 Å². The summed E-state index contributed by atoms with van der Waals surface area (Å²) < 4.78 is 5.05. The molecule has 2 heterocycles. The van der Waals surface area contributed by atoms with Crippen molar-refractivity contribution in [2.24, 2.45) is 5.73 Å². The minimum absolute atomic E-state index is 0.0217. The highest BCUT2D eigenvalue weighted by molar-refractivity contribution is 6.34. The first-order chi connectivity index (χ1) is 11.9. The molecule has 1 saturated heterocycles. The van der Waals surface area contributed by atoms with Gasteiger partial charge < -0.3 is 20.9 Å². The second-order valence-corrected chi connectivity index (χ2v) is 6.84. The lowest BCUT2D eigenvalue weighted by Gasteiger charge is -2.48. The lowest BCUT2D eigenvalue weighted by atomic mass is 9.77. The summed E-state index contributed by atoms with van der Waals surface area (Å²) in [5, 5.41) is 13.5. The predicted octanol–water partition coefficient (Wildman–Crippen LogP) is -0.494.